The lowest BCUT2D eigenvalue weighted by molar-refractivity contribution is -0.124. The fraction of sp³-hybridized carbons (Fsp3) is 0.588. The molecule has 1 aromatic carbocycles. The zero-order valence-electron chi connectivity index (χ0n) is 14.3. The highest BCUT2D eigenvalue weighted by molar-refractivity contribution is 5.85. The minimum Gasteiger partial charge on any atom is -0.493 e. The summed E-state index contributed by atoms with van der Waals surface area (Å²) in [6.45, 7) is 3.15. The Kier molecular flexibility index (Phi) is 8.89. The summed E-state index contributed by atoms with van der Waals surface area (Å²) in [7, 11) is 3.28. The first kappa shape index (κ1) is 20.5. The van der Waals surface area contributed by atoms with Crippen molar-refractivity contribution >= 4 is 18.3 Å². The van der Waals surface area contributed by atoms with E-state index in [9.17, 15) is 4.79 Å². The third-order valence-electron chi connectivity index (χ3n) is 4.20. The summed E-state index contributed by atoms with van der Waals surface area (Å²) in [5.74, 6) is 1.05. The van der Waals surface area contributed by atoms with Gasteiger partial charge in [0.2, 0.25) is 0 Å². The molecule has 0 spiro atoms. The second kappa shape index (κ2) is 10.4. The molecule has 0 radical (unpaired) electrons. The number of methoxy groups -OCH3 is 2. The van der Waals surface area contributed by atoms with Crippen LogP contribution in [0.2, 0.25) is 0 Å². The molecule has 1 aliphatic heterocycles. The van der Waals surface area contributed by atoms with E-state index in [2.05, 4.69) is 10.6 Å². The molecule has 0 aromatic heterocycles. The van der Waals surface area contributed by atoms with Crippen LogP contribution in [0.5, 0.6) is 11.5 Å². The van der Waals surface area contributed by atoms with E-state index in [0.29, 0.717) is 24.7 Å². The number of amides is 1. The quantitative estimate of drug-likeness (QED) is 0.739. The van der Waals surface area contributed by atoms with Crippen molar-refractivity contribution in [3.8, 4) is 11.5 Å². The molecule has 6 nitrogen and oxygen atoms in total. The lowest BCUT2D eigenvalue weighted by atomic mass is 9.79. The summed E-state index contributed by atoms with van der Waals surface area (Å²) < 4.78 is 16.1. The van der Waals surface area contributed by atoms with Gasteiger partial charge < -0.3 is 24.8 Å². The van der Waals surface area contributed by atoms with Crippen molar-refractivity contribution in [2.45, 2.75) is 12.8 Å². The number of benzene rings is 1. The molecule has 0 unspecified atom stereocenters. The molecule has 1 amide bonds. The van der Waals surface area contributed by atoms with Crippen molar-refractivity contribution < 1.29 is 19.0 Å². The predicted molar refractivity (Wildman–Crippen MR) is 95.2 cm³/mol. The molecular weight excluding hydrogens is 332 g/mol. The van der Waals surface area contributed by atoms with E-state index >= 15 is 0 Å². The van der Waals surface area contributed by atoms with Crippen LogP contribution in [0.25, 0.3) is 0 Å². The fourth-order valence-corrected chi connectivity index (χ4v) is 2.85. The molecule has 2 N–H and O–H groups in total. The minimum atomic E-state index is -0.134. The van der Waals surface area contributed by atoms with Crippen LogP contribution in [0, 0.1) is 5.41 Å². The van der Waals surface area contributed by atoms with Crippen LogP contribution in [-0.2, 0) is 9.53 Å². The van der Waals surface area contributed by atoms with Gasteiger partial charge in [-0.05, 0) is 38.1 Å². The van der Waals surface area contributed by atoms with Crippen molar-refractivity contribution in [2.24, 2.45) is 5.41 Å². The monoisotopic (exact) mass is 358 g/mol. The maximum Gasteiger partial charge on any atom is 0.257 e. The van der Waals surface area contributed by atoms with E-state index < -0.39 is 0 Å². The average molecular weight is 359 g/mol. The fourth-order valence-electron chi connectivity index (χ4n) is 2.85. The van der Waals surface area contributed by atoms with Gasteiger partial charge in [0, 0.05) is 19.1 Å². The van der Waals surface area contributed by atoms with Crippen molar-refractivity contribution in [1.29, 1.82) is 0 Å². The summed E-state index contributed by atoms with van der Waals surface area (Å²) in [5, 5.41) is 6.31. The first-order valence-corrected chi connectivity index (χ1v) is 7.91. The molecule has 1 saturated heterocycles. The molecular formula is C17H27ClN2O4. The van der Waals surface area contributed by atoms with E-state index in [1.807, 2.05) is 12.1 Å². The van der Waals surface area contributed by atoms with E-state index in [1.165, 1.54) is 0 Å². The summed E-state index contributed by atoms with van der Waals surface area (Å²) in [6, 6.07) is 7.29. The second-order valence-corrected chi connectivity index (χ2v) is 5.90. The van der Waals surface area contributed by atoms with Crippen LogP contribution >= 0.6 is 12.4 Å². The molecule has 0 bridgehead atoms. The summed E-state index contributed by atoms with van der Waals surface area (Å²) in [5.41, 5.74) is 0.0140. The molecule has 1 aromatic rings. The Morgan fingerprint density at radius 1 is 1.21 bits per heavy atom. The number of carbonyl (C=O) groups excluding carboxylic acids is 1. The summed E-state index contributed by atoms with van der Waals surface area (Å²) in [6.07, 6.45) is 1.99. The number of nitrogens with one attached hydrogen (secondary N) is 2. The van der Waals surface area contributed by atoms with Crippen molar-refractivity contribution in [1.82, 2.24) is 10.6 Å². The van der Waals surface area contributed by atoms with Crippen LogP contribution in [0.4, 0.5) is 0 Å². The summed E-state index contributed by atoms with van der Waals surface area (Å²) >= 11 is 0. The van der Waals surface area contributed by atoms with Gasteiger partial charge in [-0.25, -0.2) is 0 Å². The smallest absolute Gasteiger partial charge is 0.257 e. The van der Waals surface area contributed by atoms with E-state index in [4.69, 9.17) is 14.2 Å². The second-order valence-electron chi connectivity index (χ2n) is 5.90. The number of ether oxygens (including phenoxy) is 3. The standard InChI is InChI=1S/C17H26N2O4.ClH/c1-21-13-17(7-9-18-10-8-17)12-19-16(20)11-23-15-6-4-3-5-14(15)22-2;/h3-6,18H,7-13H2,1-2H3,(H,19,20);1H. The number of hydrogen-bond donors (Lipinski definition) is 2. The maximum absolute atomic E-state index is 12.1. The Hall–Kier alpha value is -1.50. The highest BCUT2D eigenvalue weighted by Gasteiger charge is 2.32. The highest BCUT2D eigenvalue weighted by atomic mass is 35.5. The number of rotatable bonds is 8. The number of piperidine rings is 1. The Bertz CT molecular complexity index is 502. The van der Waals surface area contributed by atoms with Crippen LogP contribution in [-0.4, -0.2) is 53.0 Å². The van der Waals surface area contributed by atoms with Crippen molar-refractivity contribution in [2.75, 3.05) is 47.1 Å². The average Bonchev–Trinajstić information content (AvgIpc) is 2.59. The van der Waals surface area contributed by atoms with Gasteiger partial charge in [-0.3, -0.25) is 4.79 Å². The summed E-state index contributed by atoms with van der Waals surface area (Å²) in [4.78, 5) is 12.1. The van der Waals surface area contributed by atoms with Crippen molar-refractivity contribution in [3.05, 3.63) is 24.3 Å². The Balaban J connectivity index is 0.00000288. The van der Waals surface area contributed by atoms with Crippen LogP contribution in [0.1, 0.15) is 12.8 Å². The molecule has 2 rings (SSSR count). The zero-order valence-corrected chi connectivity index (χ0v) is 15.1. The number of hydrogen-bond acceptors (Lipinski definition) is 5. The van der Waals surface area contributed by atoms with Gasteiger partial charge >= 0.3 is 0 Å². The molecule has 1 aliphatic rings. The lowest BCUT2D eigenvalue weighted by Crippen LogP contribution is -2.47. The van der Waals surface area contributed by atoms with E-state index in [-0.39, 0.29) is 30.3 Å². The van der Waals surface area contributed by atoms with Gasteiger partial charge in [-0.15, -0.1) is 12.4 Å². The molecule has 7 heteroatoms. The van der Waals surface area contributed by atoms with Gasteiger partial charge in [-0.2, -0.15) is 0 Å². The largest absolute Gasteiger partial charge is 0.493 e. The van der Waals surface area contributed by atoms with E-state index in [0.717, 1.165) is 25.9 Å². The zero-order chi connectivity index (χ0) is 16.5. The van der Waals surface area contributed by atoms with E-state index in [1.54, 1.807) is 26.4 Å². The van der Waals surface area contributed by atoms with Crippen LogP contribution in [0.3, 0.4) is 0 Å². The Morgan fingerprint density at radius 2 is 1.88 bits per heavy atom. The predicted octanol–water partition coefficient (Wildman–Crippen LogP) is 1.63. The van der Waals surface area contributed by atoms with Crippen LogP contribution in [0.15, 0.2) is 24.3 Å². The molecule has 1 heterocycles. The Labute approximate surface area is 149 Å². The third kappa shape index (κ3) is 5.85. The van der Waals surface area contributed by atoms with Gasteiger partial charge in [0.25, 0.3) is 5.91 Å². The first-order chi connectivity index (χ1) is 11.2. The SMILES string of the molecule is COCC1(CNC(=O)COc2ccccc2OC)CCNCC1.Cl. The minimum absolute atomic E-state index is 0. The van der Waals surface area contributed by atoms with Gasteiger partial charge in [-0.1, -0.05) is 12.1 Å². The first-order valence-electron chi connectivity index (χ1n) is 7.91. The van der Waals surface area contributed by atoms with Gasteiger partial charge in [0.05, 0.1) is 13.7 Å². The topological polar surface area (TPSA) is 68.8 Å². The number of para-hydroxylation sites is 2. The molecule has 0 atom stereocenters. The highest BCUT2D eigenvalue weighted by Crippen LogP contribution is 2.28. The Morgan fingerprint density at radius 3 is 2.50 bits per heavy atom. The van der Waals surface area contributed by atoms with Crippen LogP contribution < -0.4 is 20.1 Å². The van der Waals surface area contributed by atoms with Crippen molar-refractivity contribution in [3.63, 3.8) is 0 Å². The molecule has 24 heavy (non-hydrogen) atoms. The third-order valence-corrected chi connectivity index (χ3v) is 4.20. The molecule has 0 saturated carbocycles. The molecule has 136 valence electrons. The number of halogens is 1. The molecule has 1 fully saturated rings. The maximum atomic E-state index is 12.1. The number of carbonyl (C=O) groups is 1. The lowest BCUT2D eigenvalue weighted by Gasteiger charge is -2.37. The normalized spacial score (nSPS) is 15.9. The molecule has 0 aliphatic carbocycles. The van der Waals surface area contributed by atoms with Gasteiger partial charge in [0.15, 0.2) is 18.1 Å². The van der Waals surface area contributed by atoms with Gasteiger partial charge in [0.1, 0.15) is 0 Å².